The van der Waals surface area contributed by atoms with E-state index in [0.717, 1.165) is 19.3 Å². The van der Waals surface area contributed by atoms with Crippen LogP contribution in [0.2, 0.25) is 0 Å². The van der Waals surface area contributed by atoms with E-state index in [1.165, 1.54) is 51.9 Å². The van der Waals surface area contributed by atoms with Gasteiger partial charge in [0.1, 0.15) is 6.61 Å². The zero-order valence-corrected chi connectivity index (χ0v) is 31.4. The van der Waals surface area contributed by atoms with Gasteiger partial charge in [0, 0.05) is 32.1 Å². The summed E-state index contributed by atoms with van der Waals surface area (Å²) < 4.78 is 24.9. The summed E-state index contributed by atoms with van der Waals surface area (Å²) in [6, 6.07) is 0. The number of phosphoric acid groups is 1. The Balaban J connectivity index is -0.0000000873. The Morgan fingerprint density at radius 2 is 1.26 bits per heavy atom. The molecule has 242 valence electrons. The predicted molar refractivity (Wildman–Crippen MR) is 174 cm³/mol. The molecule has 0 aromatic rings. The zero-order chi connectivity index (χ0) is 31.2. The van der Waals surface area contributed by atoms with Crippen molar-refractivity contribution in [3.63, 3.8) is 0 Å². The Labute approximate surface area is 320 Å². The number of phosphoric ester groups is 1. The van der Waals surface area contributed by atoms with Gasteiger partial charge in [-0.3, -0.25) is 9.59 Å². The quantitative estimate of drug-likeness (QED) is 0.0383. The molecule has 0 aliphatic carbocycles. The second kappa shape index (κ2) is 35.4. The molecule has 9 nitrogen and oxygen atoms in total. The molecule has 43 heavy (non-hydrogen) atoms. The second-order valence-corrected chi connectivity index (χ2v) is 10.2. The van der Waals surface area contributed by atoms with Crippen molar-refractivity contribution in [2.24, 2.45) is 0 Å². The van der Waals surface area contributed by atoms with Crippen LogP contribution in [0.3, 0.4) is 0 Å². The average molecular weight is 669 g/mol. The summed E-state index contributed by atoms with van der Waals surface area (Å²) in [4.78, 5) is 54.6. The van der Waals surface area contributed by atoms with E-state index in [-0.39, 0.29) is 83.5 Å². The number of rotatable bonds is 18. The Morgan fingerprint density at radius 1 is 0.814 bits per heavy atom. The number of terminal acetylenes is 1. The topological polar surface area (TPSA) is 142 Å². The molecule has 0 aliphatic rings. The third-order valence-electron chi connectivity index (χ3n) is 4.71. The molecular weight excluding hydrogens is 613 g/mol. The van der Waals surface area contributed by atoms with Gasteiger partial charge in [0.05, 0.1) is 14.4 Å². The van der Waals surface area contributed by atoms with Gasteiger partial charge in [0.25, 0.3) is 0 Å². The third-order valence-corrected chi connectivity index (χ3v) is 5.18. The summed E-state index contributed by atoms with van der Waals surface area (Å²) in [6.45, 7) is 2.27. The largest absolute Gasteiger partial charge is 1.00 e. The summed E-state index contributed by atoms with van der Waals surface area (Å²) in [5, 5.41) is -0.139. The number of hydrogen-bond acceptors (Lipinski definition) is 9. The van der Waals surface area contributed by atoms with E-state index in [1.807, 2.05) is 0 Å². The number of hydrogen-bond donors (Lipinski definition) is 1. The van der Waals surface area contributed by atoms with Crippen LogP contribution in [-0.4, -0.2) is 36.4 Å². The van der Waals surface area contributed by atoms with Crippen molar-refractivity contribution in [1.29, 1.82) is 0 Å². The van der Waals surface area contributed by atoms with Crippen molar-refractivity contribution in [1.82, 2.24) is 0 Å². The molecule has 0 aromatic carbocycles. The minimum Gasteiger partial charge on any atom is -0.790 e. The standard InChI is InChI=1S/C28H35O8P.C2H4OS.2Na.9H2/c1-3-5-7-9-11-13-14-15-17-19-21-23-28(30)36-26(25-35-37(31,32)33)24-34-27(29)22-20-18-16-12-10-8-6-4-2;1-2(3)4;;;;;;;;;;;/h2,26H,3,5,7,9,11,13-15,17,19,21,23-25H2,1H3,(H2,31,32,33);1H3,(H,3,4);;;9*1H/q;;2*+1;;;;;;;;;/p-2/t26-;;;;;;;;;;;;/m1............/s1. The smallest absolute Gasteiger partial charge is 0.790 e. The number of esters is 2. The van der Waals surface area contributed by atoms with E-state index in [0.29, 0.717) is 6.42 Å². The maximum atomic E-state index is 12.1. The van der Waals surface area contributed by atoms with Crippen LogP contribution < -0.4 is 68.9 Å². The molecule has 0 rings (SSSR count). The number of carbonyl (C=O) groups excluding carboxylic acids is 3. The molecule has 0 amide bonds. The van der Waals surface area contributed by atoms with Crippen LogP contribution in [0.15, 0.2) is 0 Å². The molecule has 13 heteroatoms. The first-order valence-electron chi connectivity index (χ1n) is 13.2. The van der Waals surface area contributed by atoms with Crippen molar-refractivity contribution in [2.45, 2.75) is 97.0 Å². The molecule has 0 fully saturated rings. The van der Waals surface area contributed by atoms with Gasteiger partial charge in [-0.15, -0.1) is 19.1 Å². The van der Waals surface area contributed by atoms with Crippen LogP contribution in [0.4, 0.5) is 0 Å². The maximum absolute atomic E-state index is 12.1. The second-order valence-electron chi connectivity index (χ2n) is 8.40. The van der Waals surface area contributed by atoms with Crippen LogP contribution in [0.1, 0.15) is 104 Å². The summed E-state index contributed by atoms with van der Waals surface area (Å²) in [6.07, 6.45) is 16.1. The molecular formula is C30H55Na2O9PS. The summed E-state index contributed by atoms with van der Waals surface area (Å²) >= 11 is 3.33. The van der Waals surface area contributed by atoms with Gasteiger partial charge in [-0.2, -0.15) is 0 Å². The van der Waals surface area contributed by atoms with E-state index < -0.39 is 39.1 Å². The minimum atomic E-state index is -5.31. The molecule has 0 aromatic heterocycles. The van der Waals surface area contributed by atoms with E-state index >= 15 is 0 Å². The monoisotopic (exact) mass is 668 g/mol. The Bertz CT molecular complexity index is 1160. The first kappa shape index (κ1) is 48.8. The van der Waals surface area contributed by atoms with Crippen LogP contribution in [0, 0.1) is 59.7 Å². The Kier molecular flexibility index (Phi) is 40.1. The predicted octanol–water partition coefficient (Wildman–Crippen LogP) is -0.681. The van der Waals surface area contributed by atoms with Crippen LogP contribution in [0.25, 0.3) is 0 Å². The number of thiol groups is 1. The van der Waals surface area contributed by atoms with Crippen LogP contribution >= 0.6 is 20.5 Å². The molecule has 0 unspecified atom stereocenters. The summed E-state index contributed by atoms with van der Waals surface area (Å²) in [7, 11) is -5.31. The van der Waals surface area contributed by atoms with Crippen LogP contribution in [0.5, 0.6) is 0 Å². The number of ether oxygens (including phenoxy) is 2. The minimum absolute atomic E-state index is 0. The van der Waals surface area contributed by atoms with E-state index in [2.05, 4.69) is 77.4 Å². The van der Waals surface area contributed by atoms with E-state index in [4.69, 9.17) is 15.9 Å². The molecule has 0 saturated carbocycles. The van der Waals surface area contributed by atoms with Gasteiger partial charge < -0.3 is 28.3 Å². The van der Waals surface area contributed by atoms with Crippen LogP contribution in [-0.2, 0) is 32.9 Å². The summed E-state index contributed by atoms with van der Waals surface area (Å²) in [5.41, 5.74) is 0. The van der Waals surface area contributed by atoms with Gasteiger partial charge in [0.15, 0.2) is 11.2 Å². The Hall–Kier alpha value is -1.13. The fourth-order valence-electron chi connectivity index (χ4n) is 2.95. The fourth-order valence-corrected chi connectivity index (χ4v) is 3.30. The number of unbranched alkanes of at least 4 members (excludes halogenated alkanes) is 10. The average Bonchev–Trinajstić information content (AvgIpc) is 2.89. The SMILES string of the molecule is C#CC#CC#CC#CC#CC(=O)OC[C@H](COP(=O)([O-])[O-])OC(=O)CCCCCCCCCCCCC.CC(=O)S.[HH].[HH].[HH].[HH].[HH].[HH].[HH].[HH].[HH].[Na+].[Na+]. The van der Waals surface area contributed by atoms with Crippen molar-refractivity contribution < 1.29 is 115 Å². The molecule has 0 bridgehead atoms. The van der Waals surface area contributed by atoms with Crippen molar-refractivity contribution in [2.75, 3.05) is 13.2 Å². The molecule has 0 N–H and O–H groups in total. The van der Waals surface area contributed by atoms with Gasteiger partial charge in [-0.05, 0) is 53.8 Å². The molecule has 0 heterocycles. The van der Waals surface area contributed by atoms with Gasteiger partial charge in [-0.25, -0.2) is 4.79 Å². The molecule has 0 radical (unpaired) electrons. The molecule has 0 aliphatic heterocycles. The van der Waals surface area contributed by atoms with Gasteiger partial charge in [0.2, 0.25) is 0 Å². The number of carbonyl (C=O) groups is 3. The summed E-state index contributed by atoms with van der Waals surface area (Å²) in [5.74, 6) is 18.6. The Morgan fingerprint density at radius 3 is 1.72 bits per heavy atom. The normalized spacial score (nSPS) is 9.58. The van der Waals surface area contributed by atoms with E-state index in [1.54, 1.807) is 0 Å². The molecule has 0 spiro atoms. The van der Waals surface area contributed by atoms with Crippen molar-refractivity contribution >= 4 is 37.5 Å². The van der Waals surface area contributed by atoms with Gasteiger partial charge >= 0.3 is 71.1 Å². The van der Waals surface area contributed by atoms with Crippen molar-refractivity contribution in [3.05, 3.63) is 0 Å². The third kappa shape index (κ3) is 45.4. The first-order valence-corrected chi connectivity index (χ1v) is 15.1. The first-order chi connectivity index (χ1) is 19.5. The van der Waals surface area contributed by atoms with Gasteiger partial charge in [-0.1, -0.05) is 71.1 Å². The maximum Gasteiger partial charge on any atom is 1.00 e. The molecule has 1 atom stereocenters. The van der Waals surface area contributed by atoms with E-state index in [9.17, 15) is 28.7 Å². The molecule has 0 saturated heterocycles. The zero-order valence-electron chi connectivity index (χ0n) is 25.6. The van der Waals surface area contributed by atoms with Crippen molar-refractivity contribution in [3.8, 4) is 59.7 Å². The fraction of sp³-hybridized carbons (Fsp3) is 0.567.